The van der Waals surface area contributed by atoms with Gasteiger partial charge in [0.25, 0.3) is 0 Å². The summed E-state index contributed by atoms with van der Waals surface area (Å²) >= 11 is 0. The molecule has 1 aromatic carbocycles. The van der Waals surface area contributed by atoms with Gasteiger partial charge < -0.3 is 9.84 Å². The Kier molecular flexibility index (Phi) is 5.21. The van der Waals surface area contributed by atoms with Crippen LogP contribution in [0.5, 0.6) is 0 Å². The van der Waals surface area contributed by atoms with E-state index in [-0.39, 0.29) is 12.2 Å². The molecular formula is C16H24O2. The Morgan fingerprint density at radius 2 is 2.00 bits per heavy atom. The Balaban J connectivity index is 1.84. The third-order valence-corrected chi connectivity index (χ3v) is 3.92. The van der Waals surface area contributed by atoms with E-state index >= 15 is 0 Å². The molecule has 18 heavy (non-hydrogen) atoms. The third-order valence-electron chi connectivity index (χ3n) is 3.92. The molecule has 2 heteroatoms. The quantitative estimate of drug-likeness (QED) is 0.834. The first-order valence-corrected chi connectivity index (χ1v) is 7.15. The molecule has 2 nitrogen and oxygen atoms in total. The molecule has 1 aliphatic carbocycles. The van der Waals surface area contributed by atoms with Gasteiger partial charge in [-0.15, -0.1) is 0 Å². The first-order chi connectivity index (χ1) is 8.81. The molecule has 1 saturated carbocycles. The number of ether oxygens (including phenoxy) is 1. The minimum absolute atomic E-state index is 0.155. The predicted octanol–water partition coefficient (Wildman–Crippen LogP) is 3.53. The van der Waals surface area contributed by atoms with Crippen LogP contribution in [0, 0.1) is 5.92 Å². The summed E-state index contributed by atoms with van der Waals surface area (Å²) in [6.07, 6.45) is 5.46. The zero-order valence-electron chi connectivity index (χ0n) is 11.2. The molecule has 0 aliphatic heterocycles. The normalized spacial score (nSPS) is 27.6. The van der Waals surface area contributed by atoms with Crippen LogP contribution in [0.15, 0.2) is 30.3 Å². The SMILES string of the molecule is CCCC[C@H]1[C@H](O)CC[C@@H]1OCc1ccccc1. The summed E-state index contributed by atoms with van der Waals surface area (Å²) in [5, 5.41) is 10.0. The second-order valence-electron chi connectivity index (χ2n) is 5.29. The van der Waals surface area contributed by atoms with E-state index in [1.54, 1.807) is 0 Å². The number of hydrogen-bond donors (Lipinski definition) is 1. The molecule has 0 saturated heterocycles. The topological polar surface area (TPSA) is 29.5 Å². The van der Waals surface area contributed by atoms with Crippen molar-refractivity contribution in [2.75, 3.05) is 0 Å². The van der Waals surface area contributed by atoms with Crippen LogP contribution in [0.4, 0.5) is 0 Å². The van der Waals surface area contributed by atoms with E-state index in [4.69, 9.17) is 4.74 Å². The van der Waals surface area contributed by atoms with E-state index in [0.29, 0.717) is 12.5 Å². The van der Waals surface area contributed by atoms with Gasteiger partial charge in [0.15, 0.2) is 0 Å². The Hall–Kier alpha value is -0.860. The van der Waals surface area contributed by atoms with Gasteiger partial charge in [-0.25, -0.2) is 0 Å². The fraction of sp³-hybridized carbons (Fsp3) is 0.625. The highest BCUT2D eigenvalue weighted by atomic mass is 16.5. The fourth-order valence-corrected chi connectivity index (χ4v) is 2.81. The Morgan fingerprint density at radius 1 is 1.22 bits per heavy atom. The molecule has 0 radical (unpaired) electrons. The number of aliphatic hydroxyl groups is 1. The van der Waals surface area contributed by atoms with Gasteiger partial charge in [-0.3, -0.25) is 0 Å². The van der Waals surface area contributed by atoms with Crippen LogP contribution in [0.2, 0.25) is 0 Å². The lowest BCUT2D eigenvalue weighted by atomic mass is 9.96. The lowest BCUT2D eigenvalue weighted by Gasteiger charge is -2.22. The van der Waals surface area contributed by atoms with Crippen molar-refractivity contribution in [3.63, 3.8) is 0 Å². The first kappa shape index (κ1) is 13.6. The van der Waals surface area contributed by atoms with Gasteiger partial charge in [0, 0.05) is 5.92 Å². The van der Waals surface area contributed by atoms with E-state index < -0.39 is 0 Å². The largest absolute Gasteiger partial charge is 0.393 e. The van der Waals surface area contributed by atoms with E-state index in [9.17, 15) is 5.11 Å². The van der Waals surface area contributed by atoms with Gasteiger partial charge >= 0.3 is 0 Å². The summed E-state index contributed by atoms with van der Waals surface area (Å²) in [6.45, 7) is 2.86. The van der Waals surface area contributed by atoms with Crippen LogP contribution in [0.1, 0.15) is 44.6 Å². The van der Waals surface area contributed by atoms with Gasteiger partial charge in [0.1, 0.15) is 0 Å². The standard InChI is InChI=1S/C16H24O2/c1-2-3-9-14-15(17)10-11-16(14)18-12-13-7-5-4-6-8-13/h4-8,14-17H,2-3,9-12H2,1H3/t14-,15+,16-/m0/s1. The van der Waals surface area contributed by atoms with Crippen LogP contribution in [0.3, 0.4) is 0 Å². The Morgan fingerprint density at radius 3 is 2.72 bits per heavy atom. The van der Waals surface area contributed by atoms with E-state index in [1.165, 1.54) is 18.4 Å². The van der Waals surface area contributed by atoms with Gasteiger partial charge in [-0.2, -0.15) is 0 Å². The van der Waals surface area contributed by atoms with Gasteiger partial charge in [-0.05, 0) is 24.8 Å². The zero-order chi connectivity index (χ0) is 12.8. The predicted molar refractivity (Wildman–Crippen MR) is 73.3 cm³/mol. The molecule has 0 heterocycles. The Bertz CT molecular complexity index is 336. The molecule has 0 unspecified atom stereocenters. The summed E-state index contributed by atoms with van der Waals surface area (Å²) in [7, 11) is 0. The van der Waals surface area contributed by atoms with Gasteiger partial charge in [0.2, 0.25) is 0 Å². The highest BCUT2D eigenvalue weighted by Gasteiger charge is 2.34. The van der Waals surface area contributed by atoms with Crippen molar-refractivity contribution in [2.24, 2.45) is 5.92 Å². The average molecular weight is 248 g/mol. The molecule has 1 N–H and O–H groups in total. The maximum absolute atomic E-state index is 10.0. The van der Waals surface area contributed by atoms with Crippen molar-refractivity contribution in [3.8, 4) is 0 Å². The summed E-state index contributed by atoms with van der Waals surface area (Å²) in [6, 6.07) is 10.3. The molecule has 1 fully saturated rings. The van der Waals surface area contributed by atoms with Gasteiger partial charge in [0.05, 0.1) is 18.8 Å². The molecule has 0 amide bonds. The lowest BCUT2D eigenvalue weighted by Crippen LogP contribution is -2.25. The van der Waals surface area contributed by atoms with E-state index in [1.807, 2.05) is 18.2 Å². The number of rotatable bonds is 6. The van der Waals surface area contributed by atoms with Crippen molar-refractivity contribution >= 4 is 0 Å². The van der Waals surface area contributed by atoms with Crippen LogP contribution in [0.25, 0.3) is 0 Å². The molecule has 100 valence electrons. The van der Waals surface area contributed by atoms with Crippen molar-refractivity contribution in [2.45, 2.75) is 57.8 Å². The maximum atomic E-state index is 10.0. The monoisotopic (exact) mass is 248 g/mol. The van der Waals surface area contributed by atoms with Crippen LogP contribution in [-0.4, -0.2) is 17.3 Å². The molecule has 0 spiro atoms. The van der Waals surface area contributed by atoms with Crippen LogP contribution < -0.4 is 0 Å². The van der Waals surface area contributed by atoms with Gasteiger partial charge in [-0.1, -0.05) is 50.1 Å². The van der Waals surface area contributed by atoms with Crippen molar-refractivity contribution in [3.05, 3.63) is 35.9 Å². The third kappa shape index (κ3) is 3.56. The number of hydrogen-bond acceptors (Lipinski definition) is 2. The lowest BCUT2D eigenvalue weighted by molar-refractivity contribution is -0.0106. The number of aliphatic hydroxyl groups excluding tert-OH is 1. The van der Waals surface area contributed by atoms with E-state index in [0.717, 1.165) is 19.3 Å². The smallest absolute Gasteiger partial charge is 0.0720 e. The highest BCUT2D eigenvalue weighted by Crippen LogP contribution is 2.33. The summed E-state index contributed by atoms with van der Waals surface area (Å²) in [5.74, 6) is 0.341. The van der Waals surface area contributed by atoms with Crippen LogP contribution >= 0.6 is 0 Å². The minimum atomic E-state index is -0.155. The van der Waals surface area contributed by atoms with Crippen molar-refractivity contribution < 1.29 is 9.84 Å². The molecule has 1 aliphatic rings. The summed E-state index contributed by atoms with van der Waals surface area (Å²) < 4.78 is 6.01. The average Bonchev–Trinajstić information content (AvgIpc) is 2.76. The molecule has 0 aromatic heterocycles. The molecule has 3 atom stereocenters. The van der Waals surface area contributed by atoms with Crippen molar-refractivity contribution in [1.29, 1.82) is 0 Å². The summed E-state index contributed by atoms with van der Waals surface area (Å²) in [4.78, 5) is 0. The summed E-state index contributed by atoms with van der Waals surface area (Å²) in [5.41, 5.74) is 1.22. The highest BCUT2D eigenvalue weighted by molar-refractivity contribution is 5.13. The second-order valence-corrected chi connectivity index (χ2v) is 5.29. The number of benzene rings is 1. The maximum Gasteiger partial charge on any atom is 0.0720 e. The number of unbranched alkanes of at least 4 members (excludes halogenated alkanes) is 1. The molecule has 0 bridgehead atoms. The van der Waals surface area contributed by atoms with Crippen molar-refractivity contribution in [1.82, 2.24) is 0 Å². The zero-order valence-corrected chi connectivity index (χ0v) is 11.2. The molecular weight excluding hydrogens is 224 g/mol. The van der Waals surface area contributed by atoms with E-state index in [2.05, 4.69) is 19.1 Å². The molecule has 1 aromatic rings. The Labute approximate surface area is 110 Å². The first-order valence-electron chi connectivity index (χ1n) is 7.15. The fourth-order valence-electron chi connectivity index (χ4n) is 2.81. The molecule has 2 rings (SSSR count). The van der Waals surface area contributed by atoms with Crippen LogP contribution in [-0.2, 0) is 11.3 Å². The second kappa shape index (κ2) is 6.91. The minimum Gasteiger partial charge on any atom is -0.393 e.